The summed E-state index contributed by atoms with van der Waals surface area (Å²) in [6.07, 6.45) is 0.644. The Hall–Kier alpha value is -1.89. The van der Waals surface area contributed by atoms with E-state index in [-0.39, 0.29) is 11.5 Å². The second-order valence-electron chi connectivity index (χ2n) is 4.50. The van der Waals surface area contributed by atoms with Crippen molar-refractivity contribution in [2.45, 2.75) is 18.9 Å². The maximum Gasteiger partial charge on any atom is 0.311 e. The number of nitrogen functional groups attached to an aromatic ring is 1. The van der Waals surface area contributed by atoms with Gasteiger partial charge in [0.05, 0.1) is 10.5 Å². The molecule has 0 amide bonds. The van der Waals surface area contributed by atoms with Crippen molar-refractivity contribution in [1.29, 1.82) is 0 Å². The summed E-state index contributed by atoms with van der Waals surface area (Å²) in [4.78, 5) is 15.9. The molecule has 1 aromatic heterocycles. The monoisotopic (exact) mass is 238 g/mol. The molecule has 3 N–H and O–H groups in total. The molecule has 1 fully saturated rings. The fraction of sp³-hybridized carbons (Fsp3) is 0.500. The molecule has 1 aliphatic heterocycles. The van der Waals surface area contributed by atoms with Gasteiger partial charge in [-0.2, -0.15) is 0 Å². The van der Waals surface area contributed by atoms with Gasteiger partial charge in [0.1, 0.15) is 5.82 Å². The maximum atomic E-state index is 10.6. The Labute approximate surface area is 98.0 Å². The molecule has 1 aromatic rings. The third-order valence-corrected chi connectivity index (χ3v) is 2.86. The first-order chi connectivity index (χ1) is 7.89. The van der Waals surface area contributed by atoms with Crippen molar-refractivity contribution in [2.75, 3.05) is 23.7 Å². The number of nitrogens with zero attached hydrogens (tertiary/aromatic N) is 3. The van der Waals surface area contributed by atoms with E-state index in [2.05, 4.69) is 4.98 Å². The summed E-state index contributed by atoms with van der Waals surface area (Å²) in [5.41, 5.74) is 4.58. The Bertz CT molecular complexity index is 461. The number of aromatic nitrogens is 1. The highest BCUT2D eigenvalue weighted by Crippen LogP contribution is 2.28. The van der Waals surface area contributed by atoms with Crippen LogP contribution in [0.25, 0.3) is 0 Å². The molecule has 1 aliphatic rings. The lowest BCUT2D eigenvalue weighted by atomic mass is 10.1. The number of hydrogen-bond acceptors (Lipinski definition) is 6. The summed E-state index contributed by atoms with van der Waals surface area (Å²) < 4.78 is 0. The first-order valence-corrected chi connectivity index (χ1v) is 5.27. The molecule has 2 heterocycles. The number of aliphatic hydroxyl groups is 1. The van der Waals surface area contributed by atoms with Gasteiger partial charge in [0, 0.05) is 19.2 Å². The number of rotatable bonds is 2. The van der Waals surface area contributed by atoms with Gasteiger partial charge in [0.15, 0.2) is 0 Å². The Balaban J connectivity index is 2.24. The Morgan fingerprint density at radius 3 is 2.82 bits per heavy atom. The van der Waals surface area contributed by atoms with Crippen LogP contribution in [-0.4, -0.2) is 33.7 Å². The molecule has 1 saturated heterocycles. The van der Waals surface area contributed by atoms with Gasteiger partial charge >= 0.3 is 5.69 Å². The topological polar surface area (TPSA) is 106 Å². The van der Waals surface area contributed by atoms with E-state index in [0.29, 0.717) is 25.3 Å². The van der Waals surface area contributed by atoms with Crippen LogP contribution >= 0.6 is 0 Å². The van der Waals surface area contributed by atoms with Crippen LogP contribution in [0.3, 0.4) is 0 Å². The van der Waals surface area contributed by atoms with E-state index in [4.69, 9.17) is 5.73 Å². The maximum absolute atomic E-state index is 10.6. The summed E-state index contributed by atoms with van der Waals surface area (Å²) in [5, 5.41) is 20.4. The number of pyridine rings is 1. The molecule has 0 aliphatic carbocycles. The average molecular weight is 238 g/mol. The van der Waals surface area contributed by atoms with E-state index in [1.807, 2.05) is 4.90 Å². The van der Waals surface area contributed by atoms with Gasteiger partial charge in [-0.3, -0.25) is 10.1 Å². The third kappa shape index (κ3) is 2.28. The van der Waals surface area contributed by atoms with Gasteiger partial charge in [-0.1, -0.05) is 0 Å². The van der Waals surface area contributed by atoms with Crippen LogP contribution in [0.5, 0.6) is 0 Å². The van der Waals surface area contributed by atoms with E-state index in [1.165, 1.54) is 6.07 Å². The van der Waals surface area contributed by atoms with E-state index in [1.54, 1.807) is 13.0 Å². The van der Waals surface area contributed by atoms with Crippen molar-refractivity contribution in [2.24, 2.45) is 0 Å². The van der Waals surface area contributed by atoms with Crippen molar-refractivity contribution in [3.05, 3.63) is 22.2 Å². The molecule has 7 nitrogen and oxygen atoms in total. The minimum Gasteiger partial charge on any atom is -0.388 e. The number of hydrogen-bond donors (Lipinski definition) is 2. The van der Waals surface area contributed by atoms with Crippen LogP contribution in [0, 0.1) is 10.1 Å². The minimum absolute atomic E-state index is 0.0981. The first kappa shape index (κ1) is 11.6. The van der Waals surface area contributed by atoms with E-state index < -0.39 is 10.5 Å². The van der Waals surface area contributed by atoms with Crippen LogP contribution < -0.4 is 10.6 Å². The summed E-state index contributed by atoms with van der Waals surface area (Å²) in [5.74, 6) is 0.463. The number of β-amino-alcohol motifs (C(OH)–C–C–N with tert-alkyl or cyclic N) is 1. The van der Waals surface area contributed by atoms with Crippen LogP contribution in [0.2, 0.25) is 0 Å². The third-order valence-electron chi connectivity index (χ3n) is 2.86. The highest BCUT2D eigenvalue weighted by atomic mass is 16.6. The highest BCUT2D eigenvalue weighted by Gasteiger charge is 2.32. The molecule has 7 heteroatoms. The van der Waals surface area contributed by atoms with Gasteiger partial charge in [0.25, 0.3) is 0 Å². The molecular weight excluding hydrogens is 224 g/mol. The lowest BCUT2D eigenvalue weighted by Gasteiger charge is -2.19. The van der Waals surface area contributed by atoms with E-state index in [9.17, 15) is 15.2 Å². The molecule has 1 unspecified atom stereocenters. The SMILES string of the molecule is CC1(O)CCN(c2ccc([N+](=O)[O-])c(N)n2)C1. The fourth-order valence-corrected chi connectivity index (χ4v) is 1.93. The molecular formula is C10H14N4O3. The second kappa shape index (κ2) is 3.85. The van der Waals surface area contributed by atoms with E-state index >= 15 is 0 Å². The summed E-state index contributed by atoms with van der Waals surface area (Å²) in [7, 11) is 0. The van der Waals surface area contributed by atoms with Crippen LogP contribution in [0.15, 0.2) is 12.1 Å². The average Bonchev–Trinajstić information content (AvgIpc) is 2.58. The standard InChI is InChI=1S/C10H14N4O3/c1-10(15)4-5-13(6-10)8-3-2-7(14(16)17)9(11)12-8/h2-3,15H,4-6H2,1H3,(H2,11,12). The Kier molecular flexibility index (Phi) is 2.62. The second-order valence-corrected chi connectivity index (χ2v) is 4.50. The lowest BCUT2D eigenvalue weighted by Crippen LogP contribution is -2.30. The Morgan fingerprint density at radius 1 is 1.65 bits per heavy atom. The van der Waals surface area contributed by atoms with Crippen LogP contribution in [0.1, 0.15) is 13.3 Å². The molecule has 0 saturated carbocycles. The van der Waals surface area contributed by atoms with Gasteiger partial charge in [-0.15, -0.1) is 0 Å². The Morgan fingerprint density at radius 2 is 2.35 bits per heavy atom. The van der Waals surface area contributed by atoms with E-state index in [0.717, 1.165) is 0 Å². The fourth-order valence-electron chi connectivity index (χ4n) is 1.93. The van der Waals surface area contributed by atoms with Crippen molar-refractivity contribution in [3.8, 4) is 0 Å². The molecule has 1 atom stereocenters. The molecule has 2 rings (SSSR count). The smallest absolute Gasteiger partial charge is 0.311 e. The van der Waals surface area contributed by atoms with Crippen molar-refractivity contribution < 1.29 is 10.0 Å². The van der Waals surface area contributed by atoms with Gasteiger partial charge in [-0.05, 0) is 19.4 Å². The first-order valence-electron chi connectivity index (χ1n) is 5.27. The predicted octanol–water partition coefficient (Wildman–Crippen LogP) is 0.533. The lowest BCUT2D eigenvalue weighted by molar-refractivity contribution is -0.384. The summed E-state index contributed by atoms with van der Waals surface area (Å²) >= 11 is 0. The molecule has 17 heavy (non-hydrogen) atoms. The normalized spacial score (nSPS) is 24.0. The van der Waals surface area contributed by atoms with Crippen molar-refractivity contribution >= 4 is 17.3 Å². The van der Waals surface area contributed by atoms with Crippen LogP contribution in [-0.2, 0) is 0 Å². The largest absolute Gasteiger partial charge is 0.388 e. The molecule has 0 aromatic carbocycles. The van der Waals surface area contributed by atoms with Crippen LogP contribution in [0.4, 0.5) is 17.3 Å². The molecule has 92 valence electrons. The van der Waals surface area contributed by atoms with Crippen molar-refractivity contribution in [3.63, 3.8) is 0 Å². The number of nitro groups is 1. The van der Waals surface area contributed by atoms with Gasteiger partial charge < -0.3 is 15.7 Å². The van der Waals surface area contributed by atoms with Gasteiger partial charge in [0.2, 0.25) is 5.82 Å². The number of nitrogens with two attached hydrogens (primary N) is 1. The summed E-state index contributed by atoms with van der Waals surface area (Å²) in [6, 6.07) is 2.89. The van der Waals surface area contributed by atoms with Crippen molar-refractivity contribution in [1.82, 2.24) is 4.98 Å². The zero-order chi connectivity index (χ0) is 12.6. The quantitative estimate of drug-likeness (QED) is 0.575. The number of anilines is 2. The summed E-state index contributed by atoms with van der Waals surface area (Å²) in [6.45, 7) is 2.87. The zero-order valence-electron chi connectivity index (χ0n) is 9.46. The highest BCUT2D eigenvalue weighted by molar-refractivity contribution is 5.58. The predicted molar refractivity (Wildman–Crippen MR) is 62.8 cm³/mol. The van der Waals surface area contributed by atoms with Gasteiger partial charge in [-0.25, -0.2) is 4.98 Å². The molecule has 0 radical (unpaired) electrons. The molecule has 0 bridgehead atoms. The molecule has 0 spiro atoms. The minimum atomic E-state index is -0.738. The zero-order valence-corrected chi connectivity index (χ0v) is 9.46.